The zero-order valence-electron chi connectivity index (χ0n) is 24.7. The molecule has 0 aromatic carbocycles. The van der Waals surface area contributed by atoms with Crippen molar-refractivity contribution in [3.05, 3.63) is 12.7 Å². The molecule has 0 amide bonds. The van der Waals surface area contributed by atoms with E-state index in [0.29, 0.717) is 17.7 Å². The second kappa shape index (κ2) is 19.3. The number of nitrogens with zero attached hydrogens (tertiary/aromatic N) is 4. The zero-order chi connectivity index (χ0) is 28.4. The first-order valence-corrected chi connectivity index (χ1v) is 15.9. The Labute approximate surface area is 240 Å². The molecule has 3 heterocycles. The molecule has 4 atom stereocenters. The number of ether oxygens (including phenoxy) is 1. The highest BCUT2D eigenvalue weighted by Gasteiger charge is 2.46. The number of nitrogens with one attached hydrogen (secondary N) is 1. The van der Waals surface area contributed by atoms with E-state index in [2.05, 4.69) is 27.4 Å². The number of hydrogen-bond acceptors (Lipinski definition) is 9. The highest BCUT2D eigenvalue weighted by Crippen LogP contribution is 2.33. The molecule has 5 N–H and O–H groups in total. The van der Waals surface area contributed by atoms with Gasteiger partial charge >= 0.3 is 0 Å². The largest absolute Gasteiger partial charge is 0.394 e. The Morgan fingerprint density at radius 3 is 1.95 bits per heavy atom. The molecule has 0 spiro atoms. The lowest BCUT2D eigenvalue weighted by Gasteiger charge is -2.22. The Kier molecular flexibility index (Phi) is 15.8. The number of unbranched alkanes of at least 4 members (excludes halogenated alkanes) is 17. The molecule has 0 bridgehead atoms. The van der Waals surface area contributed by atoms with Gasteiger partial charge in [0.15, 0.2) is 23.8 Å². The molecule has 10 heteroatoms. The van der Waals surface area contributed by atoms with Gasteiger partial charge in [0.05, 0.1) is 12.9 Å². The van der Waals surface area contributed by atoms with Crippen LogP contribution in [0.5, 0.6) is 0 Å². The third-order valence-electron chi connectivity index (χ3n) is 8.01. The maximum absolute atomic E-state index is 10.7. The first-order chi connectivity index (χ1) is 19.7. The van der Waals surface area contributed by atoms with Gasteiger partial charge in [-0.2, -0.15) is 0 Å². The number of fused-ring (bicyclic) bond motifs is 1. The smallest absolute Gasteiger partial charge is 0.168 e. The van der Waals surface area contributed by atoms with E-state index in [9.17, 15) is 10.2 Å². The van der Waals surface area contributed by atoms with Gasteiger partial charge in [0, 0.05) is 6.54 Å². The second-order valence-corrected chi connectivity index (χ2v) is 11.3. The van der Waals surface area contributed by atoms with Crippen LogP contribution in [0.3, 0.4) is 0 Å². The predicted molar refractivity (Wildman–Crippen MR) is 158 cm³/mol. The van der Waals surface area contributed by atoms with Gasteiger partial charge in [0.25, 0.3) is 0 Å². The SMILES string of the molecule is CCCCCCCCCCCCCCCCCCCCNOC1C(O)[C@@H](CO)O[C@H]1n1cnc2c(N)ncnc21. The third kappa shape index (κ3) is 10.5. The molecule has 0 radical (unpaired) electrons. The fourth-order valence-electron chi connectivity index (χ4n) is 5.53. The number of aromatic nitrogens is 4. The van der Waals surface area contributed by atoms with E-state index >= 15 is 0 Å². The first kappa shape index (κ1) is 32.7. The van der Waals surface area contributed by atoms with E-state index in [1.165, 1.54) is 109 Å². The summed E-state index contributed by atoms with van der Waals surface area (Å²) in [5.41, 5.74) is 9.84. The van der Waals surface area contributed by atoms with Crippen molar-refractivity contribution in [2.45, 2.75) is 147 Å². The lowest BCUT2D eigenvalue weighted by Crippen LogP contribution is -2.39. The van der Waals surface area contributed by atoms with Gasteiger partial charge in [-0.3, -0.25) is 9.40 Å². The van der Waals surface area contributed by atoms with Gasteiger partial charge in [0.1, 0.15) is 24.1 Å². The molecule has 2 unspecified atom stereocenters. The standard InChI is InChI=1S/C30H54N6O4/c1-2-3-4-5-6-7-8-9-10-11-12-13-14-15-16-17-18-19-20-35-40-27-26(38)24(21-37)39-30(27)36-23-34-25-28(31)32-22-33-29(25)36/h22-24,26-27,30,35,37-38H,2-21H2,1H3,(H2,31,32,33)/t24-,26?,27?,30-/m1/s1. The van der Waals surface area contributed by atoms with Crippen LogP contribution < -0.4 is 11.2 Å². The minimum Gasteiger partial charge on any atom is -0.394 e. The van der Waals surface area contributed by atoms with Crippen LogP contribution in [-0.2, 0) is 9.57 Å². The summed E-state index contributed by atoms with van der Waals surface area (Å²) in [6.45, 7) is 2.64. The number of hydrogen-bond donors (Lipinski definition) is 4. The fraction of sp³-hybridized carbons (Fsp3) is 0.833. The molecule has 2 aromatic heterocycles. The molecule has 40 heavy (non-hydrogen) atoms. The van der Waals surface area contributed by atoms with E-state index in [-0.39, 0.29) is 12.4 Å². The molecule has 10 nitrogen and oxygen atoms in total. The molecule has 1 saturated heterocycles. The van der Waals surface area contributed by atoms with Crippen LogP contribution in [0, 0.1) is 0 Å². The first-order valence-electron chi connectivity index (χ1n) is 15.9. The number of aliphatic hydroxyl groups is 2. The van der Waals surface area contributed by atoms with Gasteiger partial charge in [0.2, 0.25) is 0 Å². The highest BCUT2D eigenvalue weighted by atomic mass is 16.7. The predicted octanol–water partition coefficient (Wildman–Crippen LogP) is 5.59. The molecular weight excluding hydrogens is 508 g/mol. The van der Waals surface area contributed by atoms with Gasteiger partial charge in [-0.25, -0.2) is 20.4 Å². The third-order valence-corrected chi connectivity index (χ3v) is 8.01. The topological polar surface area (TPSA) is 141 Å². The second-order valence-electron chi connectivity index (χ2n) is 11.3. The minimum absolute atomic E-state index is 0.269. The average Bonchev–Trinajstić information content (AvgIpc) is 3.53. The zero-order valence-corrected chi connectivity index (χ0v) is 24.7. The van der Waals surface area contributed by atoms with Gasteiger partial charge in [-0.15, -0.1) is 0 Å². The van der Waals surface area contributed by atoms with Crippen LogP contribution >= 0.6 is 0 Å². The maximum atomic E-state index is 10.7. The van der Waals surface area contributed by atoms with E-state index < -0.39 is 24.5 Å². The van der Waals surface area contributed by atoms with Crippen molar-refractivity contribution < 1.29 is 19.8 Å². The number of aliphatic hydroxyl groups excluding tert-OH is 2. The molecule has 1 aliphatic rings. The van der Waals surface area contributed by atoms with Gasteiger partial charge in [-0.1, -0.05) is 116 Å². The summed E-state index contributed by atoms with van der Waals surface area (Å²) in [6, 6.07) is 0. The molecule has 1 fully saturated rings. The molecular formula is C30H54N6O4. The normalized spacial score (nSPS) is 21.1. The van der Waals surface area contributed by atoms with Crippen LogP contribution in [0.2, 0.25) is 0 Å². The van der Waals surface area contributed by atoms with Crippen molar-refractivity contribution in [3.63, 3.8) is 0 Å². The Morgan fingerprint density at radius 1 is 0.850 bits per heavy atom. The van der Waals surface area contributed by atoms with Gasteiger partial charge in [-0.05, 0) is 6.42 Å². The Balaban J connectivity index is 1.19. The van der Waals surface area contributed by atoms with Crippen molar-refractivity contribution in [2.75, 3.05) is 18.9 Å². The highest BCUT2D eigenvalue weighted by molar-refractivity contribution is 5.81. The number of hydroxylamine groups is 1. The molecule has 228 valence electrons. The number of nitrogens with two attached hydrogens (primary N) is 1. The number of nitrogen functional groups attached to an aromatic ring is 1. The quantitative estimate of drug-likeness (QED) is 0.101. The summed E-state index contributed by atoms with van der Waals surface area (Å²) in [7, 11) is 0. The molecule has 1 aliphatic heterocycles. The molecule has 0 saturated carbocycles. The molecule has 0 aliphatic carbocycles. The Hall–Kier alpha value is -1.85. The fourth-order valence-corrected chi connectivity index (χ4v) is 5.53. The van der Waals surface area contributed by atoms with Crippen molar-refractivity contribution in [1.29, 1.82) is 0 Å². The number of rotatable bonds is 23. The molecule has 3 rings (SSSR count). The van der Waals surface area contributed by atoms with E-state index in [1.807, 2.05) is 0 Å². The van der Waals surface area contributed by atoms with Crippen LogP contribution in [0.4, 0.5) is 5.82 Å². The van der Waals surface area contributed by atoms with Gasteiger partial charge < -0.3 is 20.7 Å². The van der Waals surface area contributed by atoms with Crippen LogP contribution in [-0.4, -0.2) is 61.2 Å². The number of imidazole rings is 1. The summed E-state index contributed by atoms with van der Waals surface area (Å²) < 4.78 is 7.54. The monoisotopic (exact) mass is 562 g/mol. The van der Waals surface area contributed by atoms with E-state index in [4.69, 9.17) is 15.3 Å². The Bertz CT molecular complexity index is 929. The van der Waals surface area contributed by atoms with E-state index in [0.717, 1.165) is 12.8 Å². The summed E-state index contributed by atoms with van der Waals surface area (Å²) in [6.07, 6.45) is 23.9. The summed E-state index contributed by atoms with van der Waals surface area (Å²) >= 11 is 0. The van der Waals surface area contributed by atoms with Crippen molar-refractivity contribution in [2.24, 2.45) is 0 Å². The maximum Gasteiger partial charge on any atom is 0.168 e. The van der Waals surface area contributed by atoms with Crippen LogP contribution in [0.15, 0.2) is 12.7 Å². The number of anilines is 1. The minimum atomic E-state index is -1.00. The summed E-state index contributed by atoms with van der Waals surface area (Å²) in [5.74, 6) is 0.269. The summed E-state index contributed by atoms with van der Waals surface area (Å²) in [4.78, 5) is 18.3. The lowest BCUT2D eigenvalue weighted by atomic mass is 10.0. The lowest BCUT2D eigenvalue weighted by molar-refractivity contribution is -0.109. The van der Waals surface area contributed by atoms with Crippen molar-refractivity contribution >= 4 is 17.0 Å². The van der Waals surface area contributed by atoms with E-state index in [1.54, 1.807) is 10.9 Å². The van der Waals surface area contributed by atoms with Crippen LogP contribution in [0.25, 0.3) is 11.2 Å². The summed E-state index contributed by atoms with van der Waals surface area (Å²) in [5, 5.41) is 20.3. The Morgan fingerprint density at radius 2 is 1.40 bits per heavy atom. The van der Waals surface area contributed by atoms with Crippen LogP contribution in [0.1, 0.15) is 129 Å². The average molecular weight is 563 g/mol. The van der Waals surface area contributed by atoms with Crippen molar-refractivity contribution in [1.82, 2.24) is 25.0 Å². The molecule has 2 aromatic rings. The van der Waals surface area contributed by atoms with Crippen molar-refractivity contribution in [3.8, 4) is 0 Å².